The van der Waals surface area contributed by atoms with Gasteiger partial charge >= 0.3 is 0 Å². The Bertz CT molecular complexity index is 1310. The third kappa shape index (κ3) is 3.69. The fraction of sp³-hybridized carbons (Fsp3) is 0.160. The van der Waals surface area contributed by atoms with Crippen LogP contribution >= 0.6 is 0 Å². The second-order valence-corrected chi connectivity index (χ2v) is 7.69. The Morgan fingerprint density at radius 1 is 1.03 bits per heavy atom. The highest BCUT2D eigenvalue weighted by molar-refractivity contribution is 6.06. The number of hydrogen-bond acceptors (Lipinski definition) is 4. The SMILES string of the molecule is COc1cccc(NC(=O)c2ccc3c(c2)nc2n3CCN(Cc3ccccc3)C2=O)c1. The summed E-state index contributed by atoms with van der Waals surface area (Å²) in [5, 5.41) is 2.87. The molecule has 0 unspecified atom stereocenters. The molecule has 5 rings (SSSR count). The van der Waals surface area contributed by atoms with Gasteiger partial charge in [-0.1, -0.05) is 36.4 Å². The van der Waals surface area contributed by atoms with Gasteiger partial charge in [-0.15, -0.1) is 0 Å². The van der Waals surface area contributed by atoms with Gasteiger partial charge in [-0.2, -0.15) is 0 Å². The van der Waals surface area contributed by atoms with E-state index in [0.717, 1.165) is 11.1 Å². The fourth-order valence-electron chi connectivity index (χ4n) is 3.98. The van der Waals surface area contributed by atoms with Crippen LogP contribution in [0.4, 0.5) is 5.69 Å². The number of imidazole rings is 1. The van der Waals surface area contributed by atoms with Gasteiger partial charge in [-0.3, -0.25) is 9.59 Å². The van der Waals surface area contributed by atoms with Crippen molar-refractivity contribution in [3.8, 4) is 5.75 Å². The molecule has 2 amide bonds. The van der Waals surface area contributed by atoms with Crippen molar-refractivity contribution < 1.29 is 14.3 Å². The maximum atomic E-state index is 13.1. The summed E-state index contributed by atoms with van der Waals surface area (Å²) in [6, 6.07) is 22.4. The number of benzene rings is 3. The maximum Gasteiger partial charge on any atom is 0.290 e. The molecule has 4 aromatic rings. The molecule has 0 aliphatic carbocycles. The van der Waals surface area contributed by atoms with Crippen molar-refractivity contribution >= 4 is 28.5 Å². The van der Waals surface area contributed by atoms with Gasteiger partial charge in [-0.05, 0) is 35.9 Å². The largest absolute Gasteiger partial charge is 0.497 e. The Morgan fingerprint density at radius 2 is 1.88 bits per heavy atom. The molecule has 0 radical (unpaired) electrons. The molecule has 1 N–H and O–H groups in total. The maximum absolute atomic E-state index is 13.1. The molecule has 0 atom stereocenters. The standard InChI is InChI=1S/C25H22N4O3/c1-32-20-9-5-8-19(15-20)26-24(30)18-10-11-22-21(14-18)27-23-25(31)28(12-13-29(22)23)16-17-6-3-2-4-7-17/h2-11,14-15H,12-13,16H2,1H3,(H,26,30). The third-order valence-corrected chi connectivity index (χ3v) is 5.63. The van der Waals surface area contributed by atoms with E-state index in [2.05, 4.69) is 10.3 Å². The number of methoxy groups -OCH3 is 1. The van der Waals surface area contributed by atoms with E-state index in [-0.39, 0.29) is 11.8 Å². The van der Waals surface area contributed by atoms with Crippen molar-refractivity contribution in [2.75, 3.05) is 19.0 Å². The van der Waals surface area contributed by atoms with Crippen LogP contribution in [0.3, 0.4) is 0 Å². The van der Waals surface area contributed by atoms with Crippen LogP contribution < -0.4 is 10.1 Å². The van der Waals surface area contributed by atoms with Crippen LogP contribution in [0.5, 0.6) is 5.75 Å². The number of aromatic nitrogens is 2. The van der Waals surface area contributed by atoms with Gasteiger partial charge in [0.2, 0.25) is 0 Å². The Balaban J connectivity index is 1.39. The molecule has 3 aromatic carbocycles. The normalized spacial score (nSPS) is 13.2. The van der Waals surface area contributed by atoms with Crippen LogP contribution in [0, 0.1) is 0 Å². The van der Waals surface area contributed by atoms with Crippen molar-refractivity contribution in [3.63, 3.8) is 0 Å². The van der Waals surface area contributed by atoms with Crippen LogP contribution in [0.1, 0.15) is 26.5 Å². The molecular formula is C25H22N4O3. The van der Waals surface area contributed by atoms with E-state index in [0.29, 0.717) is 48.0 Å². The van der Waals surface area contributed by atoms with Gasteiger partial charge in [0.15, 0.2) is 5.82 Å². The second kappa shape index (κ2) is 8.19. The Hall–Kier alpha value is -4.13. The first-order valence-electron chi connectivity index (χ1n) is 10.4. The van der Waals surface area contributed by atoms with Gasteiger partial charge in [0.05, 0.1) is 18.1 Å². The van der Waals surface area contributed by atoms with E-state index in [9.17, 15) is 9.59 Å². The van der Waals surface area contributed by atoms with E-state index < -0.39 is 0 Å². The van der Waals surface area contributed by atoms with Gasteiger partial charge in [0.25, 0.3) is 11.8 Å². The quantitative estimate of drug-likeness (QED) is 0.524. The minimum Gasteiger partial charge on any atom is -0.497 e. The lowest BCUT2D eigenvalue weighted by Gasteiger charge is -2.27. The number of rotatable bonds is 5. The first kappa shape index (κ1) is 19.8. The number of nitrogens with one attached hydrogen (secondary N) is 1. The topological polar surface area (TPSA) is 76.5 Å². The van der Waals surface area contributed by atoms with Crippen molar-refractivity contribution in [1.82, 2.24) is 14.5 Å². The molecule has 0 saturated carbocycles. The van der Waals surface area contributed by atoms with E-state index in [4.69, 9.17) is 4.74 Å². The van der Waals surface area contributed by atoms with Crippen LogP contribution in [-0.4, -0.2) is 39.9 Å². The average molecular weight is 426 g/mol. The molecule has 0 bridgehead atoms. The summed E-state index contributed by atoms with van der Waals surface area (Å²) in [7, 11) is 1.58. The minimum atomic E-state index is -0.247. The molecule has 2 heterocycles. The fourth-order valence-corrected chi connectivity index (χ4v) is 3.98. The minimum absolute atomic E-state index is 0.0984. The van der Waals surface area contributed by atoms with Gasteiger partial charge < -0.3 is 19.5 Å². The van der Waals surface area contributed by atoms with Gasteiger partial charge in [0, 0.05) is 37.0 Å². The summed E-state index contributed by atoms with van der Waals surface area (Å²) in [5.74, 6) is 0.730. The zero-order valence-corrected chi connectivity index (χ0v) is 17.6. The van der Waals surface area contributed by atoms with E-state index in [1.807, 2.05) is 58.0 Å². The highest BCUT2D eigenvalue weighted by atomic mass is 16.5. The molecule has 7 heteroatoms. The van der Waals surface area contributed by atoms with Crippen molar-refractivity contribution in [1.29, 1.82) is 0 Å². The predicted molar refractivity (Wildman–Crippen MR) is 122 cm³/mol. The van der Waals surface area contributed by atoms with E-state index in [1.54, 1.807) is 31.4 Å². The summed E-state index contributed by atoms with van der Waals surface area (Å²) in [5.41, 5.74) is 3.69. The number of fused-ring (bicyclic) bond motifs is 3. The lowest BCUT2D eigenvalue weighted by molar-refractivity contribution is 0.0685. The number of ether oxygens (including phenoxy) is 1. The summed E-state index contributed by atoms with van der Waals surface area (Å²) in [4.78, 5) is 32.2. The summed E-state index contributed by atoms with van der Waals surface area (Å²) >= 11 is 0. The Morgan fingerprint density at radius 3 is 2.69 bits per heavy atom. The first-order valence-corrected chi connectivity index (χ1v) is 10.4. The van der Waals surface area contributed by atoms with Crippen molar-refractivity contribution in [2.24, 2.45) is 0 Å². The molecule has 32 heavy (non-hydrogen) atoms. The highest BCUT2D eigenvalue weighted by Crippen LogP contribution is 2.24. The monoisotopic (exact) mass is 426 g/mol. The molecule has 160 valence electrons. The Labute approximate surface area is 185 Å². The zero-order chi connectivity index (χ0) is 22.1. The summed E-state index contributed by atoms with van der Waals surface area (Å²) < 4.78 is 7.14. The molecule has 0 saturated heterocycles. The van der Waals surface area contributed by atoms with Gasteiger partial charge in [0.1, 0.15) is 5.75 Å². The van der Waals surface area contributed by atoms with E-state index in [1.165, 1.54) is 0 Å². The molecule has 7 nitrogen and oxygen atoms in total. The van der Waals surface area contributed by atoms with E-state index >= 15 is 0 Å². The van der Waals surface area contributed by atoms with Crippen LogP contribution in [0.15, 0.2) is 72.8 Å². The molecule has 0 fully saturated rings. The molecular weight excluding hydrogens is 404 g/mol. The van der Waals surface area contributed by atoms with Crippen LogP contribution in [0.2, 0.25) is 0 Å². The third-order valence-electron chi connectivity index (χ3n) is 5.63. The van der Waals surface area contributed by atoms with Crippen LogP contribution in [0.25, 0.3) is 11.0 Å². The molecule has 0 spiro atoms. The first-order chi connectivity index (χ1) is 15.6. The lowest BCUT2D eigenvalue weighted by atomic mass is 10.1. The summed E-state index contributed by atoms with van der Waals surface area (Å²) in [6.45, 7) is 1.83. The van der Waals surface area contributed by atoms with Crippen molar-refractivity contribution in [2.45, 2.75) is 13.1 Å². The number of anilines is 1. The number of carbonyl (C=O) groups is 2. The molecule has 1 aromatic heterocycles. The zero-order valence-electron chi connectivity index (χ0n) is 17.6. The second-order valence-electron chi connectivity index (χ2n) is 7.69. The van der Waals surface area contributed by atoms with Crippen molar-refractivity contribution in [3.05, 3.63) is 89.7 Å². The number of carbonyl (C=O) groups excluding carboxylic acids is 2. The number of nitrogens with zero attached hydrogens (tertiary/aromatic N) is 3. The predicted octanol–water partition coefficient (Wildman–Crippen LogP) is 3.95. The van der Waals surface area contributed by atoms with Crippen LogP contribution in [-0.2, 0) is 13.1 Å². The lowest BCUT2D eigenvalue weighted by Crippen LogP contribution is -2.39. The number of hydrogen-bond donors (Lipinski definition) is 1. The Kier molecular flexibility index (Phi) is 5.07. The summed E-state index contributed by atoms with van der Waals surface area (Å²) in [6.07, 6.45) is 0. The number of amides is 2. The molecule has 1 aliphatic heterocycles. The smallest absolute Gasteiger partial charge is 0.290 e. The van der Waals surface area contributed by atoms with Gasteiger partial charge in [-0.25, -0.2) is 4.98 Å². The average Bonchev–Trinajstić information content (AvgIpc) is 3.20. The molecule has 1 aliphatic rings. The highest BCUT2D eigenvalue weighted by Gasteiger charge is 2.28.